The SMILES string of the molecule is CCC1C(=N)N(C=N)c2cnc(Nc3ccc(C(=O)NC4CC(F)(F)C4)cc3OC)nc2N1C1CCCC1. The highest BCUT2D eigenvalue weighted by Crippen LogP contribution is 2.41. The Morgan fingerprint density at radius 3 is 2.66 bits per heavy atom. The monoisotopic (exact) mass is 526 g/mol. The molecule has 5 rings (SSSR count). The lowest BCUT2D eigenvalue weighted by molar-refractivity contribution is -0.0901. The number of fused-ring (bicyclic) bond motifs is 1. The van der Waals surface area contributed by atoms with Crippen molar-refractivity contribution in [3.05, 3.63) is 30.0 Å². The van der Waals surface area contributed by atoms with Gasteiger partial charge in [-0.3, -0.25) is 20.5 Å². The van der Waals surface area contributed by atoms with Crippen LogP contribution in [0.5, 0.6) is 5.75 Å². The normalized spacial score (nSPS) is 21.1. The smallest absolute Gasteiger partial charge is 0.252 e. The molecule has 1 aromatic carbocycles. The summed E-state index contributed by atoms with van der Waals surface area (Å²) in [7, 11) is 1.48. The van der Waals surface area contributed by atoms with Gasteiger partial charge in [-0.1, -0.05) is 19.8 Å². The molecule has 1 amide bonds. The predicted molar refractivity (Wildman–Crippen MR) is 142 cm³/mol. The molecule has 12 heteroatoms. The highest BCUT2D eigenvalue weighted by Gasteiger charge is 2.46. The van der Waals surface area contributed by atoms with E-state index in [0.29, 0.717) is 46.7 Å². The van der Waals surface area contributed by atoms with E-state index in [-0.39, 0.29) is 24.9 Å². The zero-order valence-corrected chi connectivity index (χ0v) is 21.4. The van der Waals surface area contributed by atoms with Gasteiger partial charge < -0.3 is 20.3 Å². The van der Waals surface area contributed by atoms with E-state index in [1.54, 1.807) is 24.4 Å². The molecule has 1 aromatic heterocycles. The molecule has 1 atom stereocenters. The number of hydrogen-bond donors (Lipinski definition) is 4. The number of alkyl halides is 2. The Balaban J connectivity index is 1.41. The summed E-state index contributed by atoms with van der Waals surface area (Å²) in [6.07, 6.45) is 7.06. The fourth-order valence-electron chi connectivity index (χ4n) is 5.58. The summed E-state index contributed by atoms with van der Waals surface area (Å²) >= 11 is 0. The molecule has 0 bridgehead atoms. The lowest BCUT2D eigenvalue weighted by Crippen LogP contribution is -2.56. The van der Waals surface area contributed by atoms with E-state index in [1.807, 2.05) is 6.92 Å². The lowest BCUT2D eigenvalue weighted by atomic mass is 9.88. The Morgan fingerprint density at radius 2 is 2.03 bits per heavy atom. The van der Waals surface area contributed by atoms with E-state index in [2.05, 4.69) is 20.5 Å². The first-order valence-corrected chi connectivity index (χ1v) is 12.9. The summed E-state index contributed by atoms with van der Waals surface area (Å²) in [6, 6.07) is 4.32. The highest BCUT2D eigenvalue weighted by molar-refractivity contribution is 6.16. The van der Waals surface area contributed by atoms with Crippen molar-refractivity contribution >= 4 is 41.2 Å². The van der Waals surface area contributed by atoms with Gasteiger partial charge in [-0.25, -0.2) is 13.8 Å². The van der Waals surface area contributed by atoms with Crippen LogP contribution in [0.3, 0.4) is 0 Å². The first kappa shape index (κ1) is 25.8. The van der Waals surface area contributed by atoms with Crippen LogP contribution in [0.25, 0.3) is 0 Å². The van der Waals surface area contributed by atoms with E-state index >= 15 is 0 Å². The van der Waals surface area contributed by atoms with Crippen LogP contribution in [0.2, 0.25) is 0 Å². The number of carbonyl (C=O) groups is 1. The first-order valence-electron chi connectivity index (χ1n) is 12.9. The number of benzene rings is 1. The maximum absolute atomic E-state index is 13.1. The molecule has 0 radical (unpaired) electrons. The third kappa shape index (κ3) is 4.74. The van der Waals surface area contributed by atoms with E-state index in [1.165, 1.54) is 12.0 Å². The zero-order valence-electron chi connectivity index (χ0n) is 21.4. The molecule has 1 aliphatic heterocycles. The summed E-state index contributed by atoms with van der Waals surface area (Å²) < 4.78 is 31.7. The minimum Gasteiger partial charge on any atom is -0.495 e. The van der Waals surface area contributed by atoms with Gasteiger partial charge >= 0.3 is 0 Å². The zero-order chi connectivity index (χ0) is 27.0. The molecule has 10 nitrogen and oxygen atoms in total. The quantitative estimate of drug-likeness (QED) is 0.290. The molecule has 38 heavy (non-hydrogen) atoms. The molecule has 2 aromatic rings. The molecule has 1 unspecified atom stereocenters. The minimum absolute atomic E-state index is 0.196. The molecular weight excluding hydrogens is 494 g/mol. The minimum atomic E-state index is -2.71. The number of aromatic nitrogens is 2. The molecule has 0 spiro atoms. The molecule has 4 N–H and O–H groups in total. The molecule has 2 fully saturated rings. The second-order valence-electron chi connectivity index (χ2n) is 10.0. The second-order valence-corrected chi connectivity index (χ2v) is 10.0. The number of methoxy groups -OCH3 is 1. The Labute approximate surface area is 219 Å². The Bertz CT molecular complexity index is 1240. The fourth-order valence-corrected chi connectivity index (χ4v) is 5.58. The van der Waals surface area contributed by atoms with Gasteiger partial charge in [0.05, 0.1) is 31.4 Å². The fraction of sp³-hybridized carbons (Fsp3) is 0.500. The summed E-state index contributed by atoms with van der Waals surface area (Å²) in [6.45, 7) is 2.04. The Kier molecular flexibility index (Phi) is 6.89. The van der Waals surface area contributed by atoms with Crippen LogP contribution in [-0.4, -0.2) is 59.2 Å². The molecule has 2 aliphatic carbocycles. The number of nitrogens with zero attached hydrogens (tertiary/aromatic N) is 4. The largest absolute Gasteiger partial charge is 0.495 e. The van der Waals surface area contributed by atoms with Crippen molar-refractivity contribution in [1.82, 2.24) is 15.3 Å². The van der Waals surface area contributed by atoms with Crippen molar-refractivity contribution < 1.29 is 18.3 Å². The molecular formula is C26H32F2N8O2. The van der Waals surface area contributed by atoms with Crippen LogP contribution in [0.15, 0.2) is 24.4 Å². The van der Waals surface area contributed by atoms with Gasteiger partial charge in [0.25, 0.3) is 11.8 Å². The number of halogens is 2. The maximum Gasteiger partial charge on any atom is 0.252 e. The lowest BCUT2D eigenvalue weighted by Gasteiger charge is -2.44. The van der Waals surface area contributed by atoms with Crippen LogP contribution in [0, 0.1) is 10.8 Å². The molecule has 3 aliphatic rings. The van der Waals surface area contributed by atoms with Crippen LogP contribution in [0.4, 0.5) is 31.9 Å². The average molecular weight is 527 g/mol. The van der Waals surface area contributed by atoms with Crippen molar-refractivity contribution in [2.75, 3.05) is 22.2 Å². The van der Waals surface area contributed by atoms with Crippen LogP contribution in [-0.2, 0) is 0 Å². The number of carbonyl (C=O) groups excluding carboxylic acids is 1. The van der Waals surface area contributed by atoms with Crippen LogP contribution >= 0.6 is 0 Å². The Morgan fingerprint density at radius 1 is 1.29 bits per heavy atom. The van der Waals surface area contributed by atoms with Crippen molar-refractivity contribution in [1.29, 1.82) is 10.8 Å². The van der Waals surface area contributed by atoms with Crippen molar-refractivity contribution in [3.8, 4) is 5.75 Å². The van der Waals surface area contributed by atoms with Gasteiger partial charge in [0.1, 0.15) is 17.3 Å². The van der Waals surface area contributed by atoms with Crippen molar-refractivity contribution in [2.45, 2.75) is 75.9 Å². The van der Waals surface area contributed by atoms with E-state index < -0.39 is 17.9 Å². The number of anilines is 4. The number of amidine groups is 1. The third-order valence-electron chi connectivity index (χ3n) is 7.53. The third-order valence-corrected chi connectivity index (χ3v) is 7.53. The standard InChI is InChI=1S/C26H32F2N8O2/c1-3-19-22(30)35(14-29)20-13-31-25(34-23(20)36(19)17-6-4-5-7-17)33-18-9-8-15(10-21(18)38-2)24(37)32-16-11-26(27,28)12-16/h8-10,13-14,16-17,19,29-30H,3-7,11-12H2,1-2H3,(H,32,37)(H,31,33,34). The van der Waals surface area contributed by atoms with E-state index in [9.17, 15) is 13.6 Å². The number of rotatable bonds is 8. The predicted octanol–water partition coefficient (Wildman–Crippen LogP) is 4.69. The van der Waals surface area contributed by atoms with Crippen molar-refractivity contribution in [3.63, 3.8) is 0 Å². The maximum atomic E-state index is 13.1. The van der Waals surface area contributed by atoms with Gasteiger partial charge in [-0.05, 0) is 37.5 Å². The number of nitrogens with one attached hydrogen (secondary N) is 4. The van der Waals surface area contributed by atoms with Crippen LogP contribution in [0.1, 0.15) is 62.2 Å². The number of amides is 1. The number of hydrogen-bond acceptors (Lipinski definition) is 8. The molecule has 0 saturated heterocycles. The van der Waals surface area contributed by atoms with Crippen LogP contribution < -0.4 is 25.2 Å². The summed E-state index contributed by atoms with van der Waals surface area (Å²) in [5.74, 6) is -1.45. The van der Waals surface area contributed by atoms with Gasteiger partial charge in [0.15, 0.2) is 5.82 Å². The summed E-state index contributed by atoms with van der Waals surface area (Å²) in [5, 5.41) is 22.4. The molecule has 2 heterocycles. The van der Waals surface area contributed by atoms with Gasteiger partial charge in [-0.2, -0.15) is 4.98 Å². The second kappa shape index (κ2) is 10.1. The molecule has 2 saturated carbocycles. The first-order chi connectivity index (χ1) is 18.2. The van der Waals surface area contributed by atoms with Gasteiger partial charge in [-0.15, -0.1) is 0 Å². The van der Waals surface area contributed by atoms with Crippen molar-refractivity contribution in [2.24, 2.45) is 0 Å². The topological polar surface area (TPSA) is 130 Å². The highest BCUT2D eigenvalue weighted by atomic mass is 19.3. The number of ether oxygens (including phenoxy) is 1. The Hall–Kier alpha value is -3.83. The van der Waals surface area contributed by atoms with Gasteiger partial charge in [0, 0.05) is 30.5 Å². The van der Waals surface area contributed by atoms with E-state index in [4.69, 9.17) is 20.5 Å². The molecule has 202 valence electrons. The van der Waals surface area contributed by atoms with E-state index in [0.717, 1.165) is 32.0 Å². The average Bonchev–Trinajstić information content (AvgIpc) is 3.41. The summed E-state index contributed by atoms with van der Waals surface area (Å²) in [4.78, 5) is 25.6. The van der Waals surface area contributed by atoms with Gasteiger partial charge in [0.2, 0.25) is 5.95 Å². The summed E-state index contributed by atoms with van der Waals surface area (Å²) in [5.41, 5.74) is 1.42.